The third-order valence-corrected chi connectivity index (χ3v) is 1.88. The lowest BCUT2D eigenvalue weighted by atomic mass is 10.8. The summed E-state index contributed by atoms with van der Waals surface area (Å²) in [7, 11) is -2.25. The van der Waals surface area contributed by atoms with Crippen LogP contribution in [0.1, 0.15) is 13.8 Å². The molecule has 0 aromatic rings. The van der Waals surface area contributed by atoms with E-state index in [9.17, 15) is 4.46 Å². The van der Waals surface area contributed by atoms with Gasteiger partial charge in [-0.3, -0.25) is 4.46 Å². The average molecular weight is 178 g/mol. The van der Waals surface area contributed by atoms with E-state index in [1.807, 2.05) is 6.92 Å². The summed E-state index contributed by atoms with van der Waals surface area (Å²) in [5.41, 5.74) is 0. The summed E-state index contributed by atoms with van der Waals surface area (Å²) in [5.74, 6) is 0. The Morgan fingerprint density at radius 2 is 1.82 bits per heavy atom. The van der Waals surface area contributed by atoms with Crippen molar-refractivity contribution in [2.24, 2.45) is 0 Å². The van der Waals surface area contributed by atoms with E-state index in [1.165, 1.54) is 0 Å². The van der Waals surface area contributed by atoms with Gasteiger partial charge in [-0.25, -0.2) is 0 Å². The van der Waals surface area contributed by atoms with E-state index < -0.39 is 9.17 Å². The van der Waals surface area contributed by atoms with Gasteiger partial charge in [0.15, 0.2) is 0 Å². The second-order valence-corrected chi connectivity index (χ2v) is 2.81. The van der Waals surface area contributed by atoms with Crippen molar-refractivity contribution in [1.82, 2.24) is 0 Å². The first kappa shape index (κ1) is 10.6. The molecule has 0 radical (unpaired) electrons. The van der Waals surface area contributed by atoms with Crippen LogP contribution < -0.4 is 0 Å². The molecule has 0 rings (SSSR count). The Balaban J connectivity index is 3.04. The molecule has 0 saturated carbocycles. The molecule has 4 nitrogen and oxygen atoms in total. The van der Waals surface area contributed by atoms with Gasteiger partial charge in [0.1, 0.15) is 0 Å². The molecule has 66 valence electrons. The van der Waals surface area contributed by atoms with Crippen molar-refractivity contribution in [2.45, 2.75) is 13.8 Å². The summed E-state index contributed by atoms with van der Waals surface area (Å²) < 4.78 is 25.1. The molecule has 0 N–H and O–H groups in total. The van der Waals surface area contributed by atoms with Crippen LogP contribution in [0.4, 0.5) is 0 Å². The Kier molecular flexibility index (Phi) is 7.39. The highest BCUT2D eigenvalue weighted by Crippen LogP contribution is 1.80. The van der Waals surface area contributed by atoms with E-state index in [4.69, 9.17) is 13.6 Å². The molecular weight excluding hydrogens is 164 g/mol. The molecule has 0 aromatic heterocycles. The van der Waals surface area contributed by atoms with Crippen molar-refractivity contribution < 1.29 is 18.1 Å². The minimum atomic E-state index is -2.25. The number of hydrogen-bond acceptors (Lipinski definition) is 4. The fraction of sp³-hybridized carbons (Fsp3) is 1.00. The lowest BCUT2D eigenvalue weighted by molar-refractivity contribution is 0.0882. The molecule has 0 aliphatic carbocycles. The molecule has 0 aliphatic heterocycles. The molecule has 0 amide bonds. The highest BCUT2D eigenvalue weighted by molar-refractivity contribution is 6.26. The predicted molar refractivity (Wildman–Crippen MR) is 40.5 cm³/mol. The maximum Gasteiger partial charge on any atom is 0.767 e. The Labute approximate surface area is 68.4 Å². The number of rotatable bonds is 7. The topological polar surface area (TPSA) is 44.8 Å². The van der Waals surface area contributed by atoms with Crippen molar-refractivity contribution in [2.75, 3.05) is 26.4 Å². The van der Waals surface area contributed by atoms with Crippen LogP contribution in [0.25, 0.3) is 0 Å². The molecule has 0 spiro atoms. The highest BCUT2D eigenvalue weighted by atomic mass is 28.3. The first-order chi connectivity index (χ1) is 5.31. The molecule has 0 heterocycles. The van der Waals surface area contributed by atoms with E-state index in [1.54, 1.807) is 6.92 Å². The van der Waals surface area contributed by atoms with E-state index in [-0.39, 0.29) is 0 Å². The van der Waals surface area contributed by atoms with Crippen molar-refractivity contribution in [3.8, 4) is 0 Å². The normalized spacial score (nSPS) is 9.27. The Hall–Kier alpha value is -0.423. The fourth-order valence-electron chi connectivity index (χ4n) is 0.488. The van der Waals surface area contributed by atoms with Gasteiger partial charge in [-0.05, 0) is 13.8 Å². The van der Waals surface area contributed by atoms with Crippen LogP contribution in [0.15, 0.2) is 0 Å². The maximum atomic E-state index is 10.7. The Morgan fingerprint density at radius 1 is 1.09 bits per heavy atom. The lowest BCUT2D eigenvalue weighted by Gasteiger charge is -2.02. The lowest BCUT2D eigenvalue weighted by Crippen LogP contribution is -2.15. The summed E-state index contributed by atoms with van der Waals surface area (Å²) in [4.78, 5) is 0. The van der Waals surface area contributed by atoms with Gasteiger partial charge in [0, 0.05) is 6.61 Å². The highest BCUT2D eigenvalue weighted by Gasteiger charge is 2.07. The average Bonchev–Trinajstić information content (AvgIpc) is 1.99. The number of ether oxygens (including phenoxy) is 1. The van der Waals surface area contributed by atoms with Crippen LogP contribution in [0.3, 0.4) is 0 Å². The third-order valence-electron chi connectivity index (χ3n) is 0.914. The summed E-state index contributed by atoms with van der Waals surface area (Å²) in [5, 5.41) is 0. The van der Waals surface area contributed by atoms with E-state index in [0.29, 0.717) is 26.4 Å². The molecule has 0 unspecified atom stereocenters. The van der Waals surface area contributed by atoms with Crippen molar-refractivity contribution in [3.63, 3.8) is 0 Å². The third kappa shape index (κ3) is 7.47. The molecule has 5 heteroatoms. The Morgan fingerprint density at radius 3 is 2.36 bits per heavy atom. The molecule has 0 aromatic carbocycles. The molecular formula is C6H14O4Si. The van der Waals surface area contributed by atoms with E-state index in [0.717, 1.165) is 0 Å². The molecule has 0 saturated heterocycles. The van der Waals surface area contributed by atoms with E-state index in [2.05, 4.69) is 0 Å². The van der Waals surface area contributed by atoms with Gasteiger partial charge in [-0.15, -0.1) is 0 Å². The van der Waals surface area contributed by atoms with Crippen LogP contribution in [-0.2, 0) is 18.1 Å². The summed E-state index contributed by atoms with van der Waals surface area (Å²) >= 11 is 0. The molecule has 0 atom stereocenters. The minimum absolute atomic E-state index is 0.339. The van der Waals surface area contributed by atoms with Gasteiger partial charge in [0.05, 0.1) is 19.8 Å². The van der Waals surface area contributed by atoms with Gasteiger partial charge in [-0.1, -0.05) is 0 Å². The van der Waals surface area contributed by atoms with Crippen LogP contribution in [0, 0.1) is 0 Å². The summed E-state index contributed by atoms with van der Waals surface area (Å²) in [6.07, 6.45) is 0. The molecule has 0 aliphatic rings. The predicted octanol–water partition coefficient (Wildman–Crippen LogP) is 0.491. The maximum absolute atomic E-state index is 10.7. The summed E-state index contributed by atoms with van der Waals surface area (Å²) in [6, 6.07) is 0. The van der Waals surface area contributed by atoms with Crippen LogP contribution >= 0.6 is 0 Å². The largest absolute Gasteiger partial charge is 0.767 e. The molecule has 11 heavy (non-hydrogen) atoms. The summed E-state index contributed by atoms with van der Waals surface area (Å²) in [6.45, 7) is 5.55. The minimum Gasteiger partial charge on any atom is -0.496 e. The van der Waals surface area contributed by atoms with E-state index >= 15 is 0 Å². The molecule has 0 fully saturated rings. The standard InChI is InChI=1S/C6H14O4Si/c1-3-8-5-6-10-11(7)9-4-2/h3-6H2,1-2H3. The zero-order valence-electron chi connectivity index (χ0n) is 6.96. The van der Waals surface area contributed by atoms with Gasteiger partial charge in [0.2, 0.25) is 0 Å². The van der Waals surface area contributed by atoms with Crippen molar-refractivity contribution in [3.05, 3.63) is 0 Å². The van der Waals surface area contributed by atoms with Gasteiger partial charge in [-0.2, -0.15) is 0 Å². The van der Waals surface area contributed by atoms with Crippen LogP contribution in [0.2, 0.25) is 0 Å². The quantitative estimate of drug-likeness (QED) is 0.420. The zero-order chi connectivity index (χ0) is 8.53. The van der Waals surface area contributed by atoms with Gasteiger partial charge in [0.25, 0.3) is 0 Å². The van der Waals surface area contributed by atoms with Crippen molar-refractivity contribution in [1.29, 1.82) is 0 Å². The first-order valence-corrected chi connectivity index (χ1v) is 4.91. The monoisotopic (exact) mass is 178 g/mol. The smallest absolute Gasteiger partial charge is 0.496 e. The SMILES string of the molecule is CCOCCO[Si](=O)OCC. The molecule has 0 bridgehead atoms. The first-order valence-electron chi connectivity index (χ1n) is 3.68. The zero-order valence-corrected chi connectivity index (χ0v) is 7.96. The van der Waals surface area contributed by atoms with Gasteiger partial charge >= 0.3 is 9.17 Å². The van der Waals surface area contributed by atoms with Gasteiger partial charge < -0.3 is 13.6 Å². The van der Waals surface area contributed by atoms with Crippen molar-refractivity contribution >= 4 is 9.17 Å². The van der Waals surface area contributed by atoms with Crippen LogP contribution in [0.5, 0.6) is 0 Å². The fourth-order valence-corrected chi connectivity index (χ4v) is 1.06. The Bertz CT molecular complexity index is 107. The second-order valence-electron chi connectivity index (χ2n) is 1.73. The second kappa shape index (κ2) is 7.68. The number of hydrogen-bond donors (Lipinski definition) is 0. The van der Waals surface area contributed by atoms with Crippen LogP contribution in [-0.4, -0.2) is 35.6 Å².